The molecule has 0 aliphatic rings. The van der Waals surface area contributed by atoms with Crippen molar-refractivity contribution < 1.29 is 0 Å². The van der Waals surface area contributed by atoms with Gasteiger partial charge in [0.2, 0.25) is 0 Å². The van der Waals surface area contributed by atoms with Gasteiger partial charge in [-0.1, -0.05) is 30.3 Å². The summed E-state index contributed by atoms with van der Waals surface area (Å²) in [6.07, 6.45) is 0. The fraction of sp³-hybridized carbons (Fsp3) is 0.417. The predicted molar refractivity (Wildman–Crippen MR) is 64.7 cm³/mol. The van der Waals surface area contributed by atoms with Crippen LogP contribution in [-0.2, 0) is 6.54 Å². The number of hydrogen-bond donors (Lipinski definition) is 2. The van der Waals surface area contributed by atoms with E-state index < -0.39 is 0 Å². The summed E-state index contributed by atoms with van der Waals surface area (Å²) in [4.78, 5) is 4.26. The highest BCUT2D eigenvalue weighted by Crippen LogP contribution is 2.01. The SMILES string of the molecule is CC(C)(C)NC(N)=NCc1ccccc1. The van der Waals surface area contributed by atoms with Crippen molar-refractivity contribution in [3.05, 3.63) is 35.9 Å². The van der Waals surface area contributed by atoms with Gasteiger partial charge in [0.15, 0.2) is 5.96 Å². The Labute approximate surface area is 91.4 Å². The van der Waals surface area contributed by atoms with Crippen LogP contribution in [0.4, 0.5) is 0 Å². The van der Waals surface area contributed by atoms with Crippen LogP contribution < -0.4 is 11.1 Å². The molecule has 0 aliphatic heterocycles. The van der Waals surface area contributed by atoms with Crippen molar-refractivity contribution >= 4 is 5.96 Å². The molecule has 0 radical (unpaired) electrons. The zero-order chi connectivity index (χ0) is 11.3. The maximum absolute atomic E-state index is 5.75. The maximum Gasteiger partial charge on any atom is 0.189 e. The monoisotopic (exact) mass is 205 g/mol. The third-order valence-corrected chi connectivity index (χ3v) is 1.78. The number of nitrogens with one attached hydrogen (secondary N) is 1. The van der Waals surface area contributed by atoms with Crippen LogP contribution in [0.15, 0.2) is 35.3 Å². The lowest BCUT2D eigenvalue weighted by atomic mass is 10.1. The molecule has 1 aromatic rings. The quantitative estimate of drug-likeness (QED) is 0.572. The first-order valence-electron chi connectivity index (χ1n) is 5.09. The van der Waals surface area contributed by atoms with Gasteiger partial charge in [0.25, 0.3) is 0 Å². The van der Waals surface area contributed by atoms with Crippen molar-refractivity contribution in [2.24, 2.45) is 10.7 Å². The third-order valence-electron chi connectivity index (χ3n) is 1.78. The van der Waals surface area contributed by atoms with E-state index in [0.29, 0.717) is 12.5 Å². The first-order chi connectivity index (χ1) is 6.97. The summed E-state index contributed by atoms with van der Waals surface area (Å²) in [5, 5.41) is 3.12. The molecule has 0 spiro atoms. The fourth-order valence-electron chi connectivity index (χ4n) is 1.18. The van der Waals surface area contributed by atoms with E-state index in [2.05, 4.69) is 31.1 Å². The number of guanidine groups is 1. The van der Waals surface area contributed by atoms with Gasteiger partial charge < -0.3 is 11.1 Å². The van der Waals surface area contributed by atoms with E-state index in [9.17, 15) is 0 Å². The Kier molecular flexibility index (Phi) is 3.72. The highest BCUT2D eigenvalue weighted by Gasteiger charge is 2.09. The highest BCUT2D eigenvalue weighted by atomic mass is 15.1. The molecule has 0 heterocycles. The van der Waals surface area contributed by atoms with Gasteiger partial charge in [-0.15, -0.1) is 0 Å². The Hall–Kier alpha value is -1.51. The summed E-state index contributed by atoms with van der Waals surface area (Å²) < 4.78 is 0. The molecule has 3 N–H and O–H groups in total. The Morgan fingerprint density at radius 3 is 2.40 bits per heavy atom. The smallest absolute Gasteiger partial charge is 0.189 e. The minimum absolute atomic E-state index is 0.0374. The Balaban J connectivity index is 2.51. The van der Waals surface area contributed by atoms with Crippen molar-refractivity contribution in [2.45, 2.75) is 32.9 Å². The number of nitrogens with zero attached hydrogens (tertiary/aromatic N) is 1. The van der Waals surface area contributed by atoms with E-state index in [-0.39, 0.29) is 5.54 Å². The lowest BCUT2D eigenvalue weighted by Crippen LogP contribution is -2.44. The van der Waals surface area contributed by atoms with E-state index >= 15 is 0 Å². The fourth-order valence-corrected chi connectivity index (χ4v) is 1.18. The van der Waals surface area contributed by atoms with Crippen molar-refractivity contribution in [1.29, 1.82) is 0 Å². The lowest BCUT2D eigenvalue weighted by Gasteiger charge is -2.20. The Bertz CT molecular complexity index is 322. The van der Waals surface area contributed by atoms with Crippen LogP contribution in [0, 0.1) is 0 Å². The van der Waals surface area contributed by atoms with E-state index in [0.717, 1.165) is 5.56 Å². The lowest BCUT2D eigenvalue weighted by molar-refractivity contribution is 0.508. The second kappa shape index (κ2) is 4.82. The minimum atomic E-state index is -0.0374. The number of hydrogen-bond acceptors (Lipinski definition) is 1. The molecular weight excluding hydrogens is 186 g/mol. The van der Waals surface area contributed by atoms with Gasteiger partial charge in [-0.25, -0.2) is 4.99 Å². The molecule has 0 aromatic heterocycles. The molecule has 15 heavy (non-hydrogen) atoms. The average molecular weight is 205 g/mol. The van der Waals surface area contributed by atoms with Crippen LogP contribution >= 0.6 is 0 Å². The minimum Gasteiger partial charge on any atom is -0.370 e. The van der Waals surface area contributed by atoms with Crippen LogP contribution in [0.25, 0.3) is 0 Å². The van der Waals surface area contributed by atoms with Crippen LogP contribution in [-0.4, -0.2) is 11.5 Å². The zero-order valence-electron chi connectivity index (χ0n) is 9.62. The van der Waals surface area contributed by atoms with Gasteiger partial charge in [0, 0.05) is 5.54 Å². The summed E-state index contributed by atoms with van der Waals surface area (Å²) in [6, 6.07) is 10.1. The van der Waals surface area contributed by atoms with E-state index in [1.807, 2.05) is 30.3 Å². The summed E-state index contributed by atoms with van der Waals surface area (Å²) in [5.41, 5.74) is 6.87. The van der Waals surface area contributed by atoms with Crippen LogP contribution in [0.5, 0.6) is 0 Å². The number of nitrogens with two attached hydrogens (primary N) is 1. The summed E-state index contributed by atoms with van der Waals surface area (Å²) in [6.45, 7) is 6.78. The normalized spacial score (nSPS) is 12.6. The molecule has 3 heteroatoms. The number of rotatable bonds is 2. The second-order valence-corrected chi connectivity index (χ2v) is 4.56. The molecule has 0 unspecified atom stereocenters. The molecule has 0 amide bonds. The van der Waals surface area contributed by atoms with E-state index in [1.165, 1.54) is 0 Å². The molecular formula is C12H19N3. The molecule has 1 aromatic carbocycles. The van der Waals surface area contributed by atoms with Gasteiger partial charge >= 0.3 is 0 Å². The molecule has 0 aliphatic carbocycles. The van der Waals surface area contributed by atoms with Crippen LogP contribution in [0.2, 0.25) is 0 Å². The van der Waals surface area contributed by atoms with Crippen molar-refractivity contribution in [2.75, 3.05) is 0 Å². The number of benzene rings is 1. The largest absolute Gasteiger partial charge is 0.370 e. The molecule has 82 valence electrons. The van der Waals surface area contributed by atoms with Crippen molar-refractivity contribution in [3.8, 4) is 0 Å². The second-order valence-electron chi connectivity index (χ2n) is 4.56. The molecule has 0 saturated carbocycles. The molecule has 0 saturated heterocycles. The van der Waals surface area contributed by atoms with Gasteiger partial charge in [-0.05, 0) is 26.3 Å². The van der Waals surface area contributed by atoms with Gasteiger partial charge in [0.1, 0.15) is 0 Å². The standard InChI is InChI=1S/C12H19N3/c1-12(2,3)15-11(13)14-9-10-7-5-4-6-8-10/h4-8H,9H2,1-3H3,(H3,13,14,15). The summed E-state index contributed by atoms with van der Waals surface area (Å²) >= 11 is 0. The first-order valence-corrected chi connectivity index (χ1v) is 5.09. The van der Waals surface area contributed by atoms with Gasteiger partial charge in [-0.2, -0.15) is 0 Å². The van der Waals surface area contributed by atoms with Crippen LogP contribution in [0.1, 0.15) is 26.3 Å². The van der Waals surface area contributed by atoms with Crippen molar-refractivity contribution in [3.63, 3.8) is 0 Å². The highest BCUT2D eigenvalue weighted by molar-refractivity contribution is 5.78. The predicted octanol–water partition coefficient (Wildman–Crippen LogP) is 1.89. The van der Waals surface area contributed by atoms with E-state index in [1.54, 1.807) is 0 Å². The molecule has 3 nitrogen and oxygen atoms in total. The summed E-state index contributed by atoms with van der Waals surface area (Å²) in [5.74, 6) is 0.492. The first kappa shape index (κ1) is 11.6. The number of aliphatic imine (C=N–C) groups is 1. The van der Waals surface area contributed by atoms with E-state index in [4.69, 9.17) is 5.73 Å². The molecule has 0 atom stereocenters. The molecule has 0 bridgehead atoms. The average Bonchev–Trinajstić information content (AvgIpc) is 2.14. The molecule has 1 rings (SSSR count). The Morgan fingerprint density at radius 2 is 1.87 bits per heavy atom. The van der Waals surface area contributed by atoms with Gasteiger partial charge in [-0.3, -0.25) is 0 Å². The topological polar surface area (TPSA) is 50.4 Å². The summed E-state index contributed by atoms with van der Waals surface area (Å²) in [7, 11) is 0. The third kappa shape index (κ3) is 5.05. The molecule has 0 fully saturated rings. The maximum atomic E-state index is 5.75. The van der Waals surface area contributed by atoms with Crippen LogP contribution in [0.3, 0.4) is 0 Å². The zero-order valence-corrected chi connectivity index (χ0v) is 9.62. The van der Waals surface area contributed by atoms with Crippen molar-refractivity contribution in [1.82, 2.24) is 5.32 Å². The Morgan fingerprint density at radius 1 is 1.27 bits per heavy atom. The van der Waals surface area contributed by atoms with Gasteiger partial charge in [0.05, 0.1) is 6.54 Å².